The molecule has 0 saturated heterocycles. The van der Waals surface area contributed by atoms with E-state index in [4.69, 9.17) is 4.74 Å². The van der Waals surface area contributed by atoms with Crippen molar-refractivity contribution in [1.29, 1.82) is 0 Å². The minimum Gasteiger partial charge on any atom is -0.376 e. The molecular weight excluding hydrogens is 178 g/mol. The molecule has 1 aliphatic rings. The van der Waals surface area contributed by atoms with Gasteiger partial charge in [0.2, 0.25) is 0 Å². The van der Waals surface area contributed by atoms with Crippen molar-refractivity contribution in [2.24, 2.45) is 0 Å². The fraction of sp³-hybridized carbons (Fsp3) is 0.600. The quantitative estimate of drug-likeness (QED) is 0.755. The molecular formula is C10H15N3O. The Bertz CT molecular complexity index is 327. The molecule has 1 aromatic rings. The molecule has 0 saturated carbocycles. The second kappa shape index (κ2) is 4.02. The van der Waals surface area contributed by atoms with Gasteiger partial charge in [-0.25, -0.2) is 9.97 Å². The van der Waals surface area contributed by atoms with Gasteiger partial charge in [0.05, 0.1) is 24.9 Å². The van der Waals surface area contributed by atoms with Gasteiger partial charge in [-0.3, -0.25) is 0 Å². The first-order chi connectivity index (χ1) is 6.81. The van der Waals surface area contributed by atoms with Crippen LogP contribution in [0.5, 0.6) is 0 Å². The first kappa shape index (κ1) is 9.55. The Hall–Kier alpha value is -1.00. The standard InChI is InChI=1S/C10H15N3O/c1-7(11-2)10-12-5-8-6-14-4-3-9(8)13-10/h5,7,11H,3-4,6H2,1-2H3. The highest BCUT2D eigenvalue weighted by Crippen LogP contribution is 2.15. The summed E-state index contributed by atoms with van der Waals surface area (Å²) in [6.45, 7) is 3.49. The molecule has 76 valence electrons. The molecule has 14 heavy (non-hydrogen) atoms. The Morgan fingerprint density at radius 1 is 1.57 bits per heavy atom. The van der Waals surface area contributed by atoms with Crippen molar-refractivity contribution in [3.63, 3.8) is 0 Å². The molecule has 4 nitrogen and oxygen atoms in total. The zero-order chi connectivity index (χ0) is 9.97. The van der Waals surface area contributed by atoms with Crippen molar-refractivity contribution < 1.29 is 4.74 Å². The number of hydrogen-bond acceptors (Lipinski definition) is 4. The molecule has 0 bridgehead atoms. The maximum atomic E-state index is 5.33. The van der Waals surface area contributed by atoms with E-state index in [0.717, 1.165) is 30.1 Å². The average Bonchev–Trinajstić information content (AvgIpc) is 2.27. The molecule has 1 atom stereocenters. The lowest BCUT2D eigenvalue weighted by Crippen LogP contribution is -2.19. The molecule has 0 fully saturated rings. The molecule has 1 aliphatic heterocycles. The highest BCUT2D eigenvalue weighted by atomic mass is 16.5. The van der Waals surface area contributed by atoms with Gasteiger partial charge in [-0.1, -0.05) is 0 Å². The van der Waals surface area contributed by atoms with Gasteiger partial charge in [-0.05, 0) is 14.0 Å². The Morgan fingerprint density at radius 3 is 3.21 bits per heavy atom. The highest BCUT2D eigenvalue weighted by molar-refractivity contribution is 5.19. The van der Waals surface area contributed by atoms with E-state index in [1.165, 1.54) is 0 Å². The van der Waals surface area contributed by atoms with E-state index in [2.05, 4.69) is 22.2 Å². The molecule has 0 spiro atoms. The van der Waals surface area contributed by atoms with Crippen LogP contribution in [0.15, 0.2) is 6.20 Å². The van der Waals surface area contributed by atoms with Gasteiger partial charge < -0.3 is 10.1 Å². The lowest BCUT2D eigenvalue weighted by molar-refractivity contribution is 0.108. The molecule has 2 rings (SSSR count). The highest BCUT2D eigenvalue weighted by Gasteiger charge is 2.14. The summed E-state index contributed by atoms with van der Waals surface area (Å²) < 4.78 is 5.33. The number of nitrogens with one attached hydrogen (secondary N) is 1. The van der Waals surface area contributed by atoms with E-state index in [-0.39, 0.29) is 6.04 Å². The van der Waals surface area contributed by atoms with Crippen molar-refractivity contribution in [3.8, 4) is 0 Å². The number of ether oxygens (including phenoxy) is 1. The van der Waals surface area contributed by atoms with Gasteiger partial charge in [0.1, 0.15) is 5.82 Å². The molecule has 0 amide bonds. The predicted octanol–water partition coefficient (Wildman–Crippen LogP) is 0.830. The molecule has 1 aromatic heterocycles. The fourth-order valence-electron chi connectivity index (χ4n) is 1.48. The monoisotopic (exact) mass is 193 g/mol. The Kier molecular flexibility index (Phi) is 2.74. The van der Waals surface area contributed by atoms with Crippen molar-refractivity contribution in [2.75, 3.05) is 13.7 Å². The summed E-state index contributed by atoms with van der Waals surface area (Å²) >= 11 is 0. The van der Waals surface area contributed by atoms with Gasteiger partial charge in [0, 0.05) is 18.2 Å². The van der Waals surface area contributed by atoms with Crippen LogP contribution in [0.2, 0.25) is 0 Å². The topological polar surface area (TPSA) is 47.0 Å². The van der Waals surface area contributed by atoms with E-state index in [0.29, 0.717) is 6.61 Å². The van der Waals surface area contributed by atoms with Crippen molar-refractivity contribution in [3.05, 3.63) is 23.3 Å². The van der Waals surface area contributed by atoms with Crippen molar-refractivity contribution >= 4 is 0 Å². The van der Waals surface area contributed by atoms with Crippen LogP contribution in [0, 0.1) is 0 Å². The Labute approximate surface area is 83.7 Å². The number of hydrogen-bond donors (Lipinski definition) is 1. The van der Waals surface area contributed by atoms with Gasteiger partial charge in [-0.2, -0.15) is 0 Å². The summed E-state index contributed by atoms with van der Waals surface area (Å²) in [6.07, 6.45) is 2.78. The van der Waals surface area contributed by atoms with E-state index >= 15 is 0 Å². The number of nitrogens with zero attached hydrogens (tertiary/aromatic N) is 2. The van der Waals surface area contributed by atoms with Crippen LogP contribution in [-0.2, 0) is 17.8 Å². The summed E-state index contributed by atoms with van der Waals surface area (Å²) in [7, 11) is 1.91. The third kappa shape index (κ3) is 1.76. The first-order valence-electron chi connectivity index (χ1n) is 4.91. The van der Waals surface area contributed by atoms with Crippen LogP contribution in [0.4, 0.5) is 0 Å². The summed E-state index contributed by atoms with van der Waals surface area (Å²) in [5.41, 5.74) is 2.27. The third-order valence-corrected chi connectivity index (χ3v) is 2.53. The van der Waals surface area contributed by atoms with Gasteiger partial charge in [0.15, 0.2) is 0 Å². The van der Waals surface area contributed by atoms with Crippen LogP contribution >= 0.6 is 0 Å². The minimum absolute atomic E-state index is 0.211. The molecule has 4 heteroatoms. The largest absolute Gasteiger partial charge is 0.376 e. The lowest BCUT2D eigenvalue weighted by atomic mass is 10.1. The normalized spacial score (nSPS) is 17.6. The second-order valence-electron chi connectivity index (χ2n) is 3.51. The Balaban J connectivity index is 2.29. The van der Waals surface area contributed by atoms with E-state index in [9.17, 15) is 0 Å². The van der Waals surface area contributed by atoms with Crippen LogP contribution in [0.1, 0.15) is 30.0 Å². The maximum Gasteiger partial charge on any atom is 0.145 e. The first-order valence-corrected chi connectivity index (χ1v) is 4.91. The van der Waals surface area contributed by atoms with Crippen molar-refractivity contribution in [2.45, 2.75) is 26.0 Å². The lowest BCUT2D eigenvalue weighted by Gasteiger charge is -2.17. The summed E-state index contributed by atoms with van der Waals surface area (Å²) in [6, 6.07) is 0.211. The summed E-state index contributed by atoms with van der Waals surface area (Å²) in [5, 5.41) is 3.13. The number of rotatable bonds is 2. The minimum atomic E-state index is 0.211. The smallest absolute Gasteiger partial charge is 0.145 e. The Morgan fingerprint density at radius 2 is 2.43 bits per heavy atom. The second-order valence-corrected chi connectivity index (χ2v) is 3.51. The molecule has 1 unspecified atom stereocenters. The van der Waals surface area contributed by atoms with Gasteiger partial charge in [0.25, 0.3) is 0 Å². The molecule has 1 N–H and O–H groups in total. The van der Waals surface area contributed by atoms with Gasteiger partial charge in [-0.15, -0.1) is 0 Å². The number of aromatic nitrogens is 2. The number of fused-ring (bicyclic) bond motifs is 1. The molecule has 0 radical (unpaired) electrons. The van der Waals surface area contributed by atoms with Crippen LogP contribution in [0.25, 0.3) is 0 Å². The van der Waals surface area contributed by atoms with Crippen LogP contribution < -0.4 is 5.32 Å². The molecule has 0 aromatic carbocycles. The zero-order valence-electron chi connectivity index (χ0n) is 8.58. The van der Waals surface area contributed by atoms with E-state index < -0.39 is 0 Å². The van der Waals surface area contributed by atoms with Crippen LogP contribution in [0.3, 0.4) is 0 Å². The van der Waals surface area contributed by atoms with Crippen molar-refractivity contribution in [1.82, 2.24) is 15.3 Å². The zero-order valence-corrected chi connectivity index (χ0v) is 8.58. The molecule has 0 aliphatic carbocycles. The van der Waals surface area contributed by atoms with Gasteiger partial charge >= 0.3 is 0 Å². The predicted molar refractivity (Wildman–Crippen MR) is 52.9 cm³/mol. The summed E-state index contributed by atoms with van der Waals surface area (Å²) in [4.78, 5) is 8.84. The van der Waals surface area contributed by atoms with Crippen LogP contribution in [-0.4, -0.2) is 23.6 Å². The average molecular weight is 193 g/mol. The SMILES string of the molecule is CNC(C)c1ncc2c(n1)CCOC2. The van der Waals surface area contributed by atoms with E-state index in [1.807, 2.05) is 13.2 Å². The van der Waals surface area contributed by atoms with E-state index in [1.54, 1.807) is 0 Å². The third-order valence-electron chi connectivity index (χ3n) is 2.53. The fourth-order valence-corrected chi connectivity index (χ4v) is 1.48. The summed E-state index contributed by atoms with van der Waals surface area (Å²) in [5.74, 6) is 0.869. The maximum absolute atomic E-state index is 5.33. The molecule has 2 heterocycles.